The van der Waals surface area contributed by atoms with E-state index in [-0.39, 0.29) is 5.92 Å². The van der Waals surface area contributed by atoms with Crippen LogP contribution in [0.15, 0.2) is 30.4 Å². The average molecular weight is 441 g/mol. The molecule has 2 fully saturated rings. The fourth-order valence-corrected chi connectivity index (χ4v) is 5.46. The molecule has 3 rings (SSSR count). The van der Waals surface area contributed by atoms with Crippen LogP contribution in [0.3, 0.4) is 0 Å². The van der Waals surface area contributed by atoms with Gasteiger partial charge in [-0.05, 0) is 106 Å². The predicted octanol–water partition coefficient (Wildman–Crippen LogP) is 8.94. The summed E-state index contributed by atoms with van der Waals surface area (Å²) in [4.78, 5) is 0. The molecule has 2 saturated carbocycles. The summed E-state index contributed by atoms with van der Waals surface area (Å²) in [5.41, 5.74) is 0.782. The summed E-state index contributed by atoms with van der Waals surface area (Å²) in [6, 6.07) is 3.89. The van der Waals surface area contributed by atoms with Crippen molar-refractivity contribution in [2.24, 2.45) is 17.8 Å². The summed E-state index contributed by atoms with van der Waals surface area (Å²) in [7, 11) is 0. The maximum atomic E-state index is 14.0. The van der Waals surface area contributed by atoms with Crippen LogP contribution in [0, 0.1) is 23.6 Å². The van der Waals surface area contributed by atoms with E-state index in [9.17, 15) is 17.6 Å². The molecule has 1 aromatic carbocycles. The van der Waals surface area contributed by atoms with E-state index in [2.05, 4.69) is 23.8 Å². The Bertz CT molecular complexity index is 696. The molecule has 0 radical (unpaired) electrons. The van der Waals surface area contributed by atoms with Crippen molar-refractivity contribution in [2.75, 3.05) is 0 Å². The monoisotopic (exact) mass is 440 g/mol. The zero-order valence-electron chi connectivity index (χ0n) is 18.6. The lowest BCUT2D eigenvalue weighted by molar-refractivity contribution is -0.275. The zero-order chi connectivity index (χ0) is 22.3. The third-order valence-corrected chi connectivity index (χ3v) is 7.24. The SMILES string of the molecule is CCCC1CCC(/C=C/CCC2CCC(c3ccc(OC(F)(F)F)c(F)c3)CC2)CC1. The van der Waals surface area contributed by atoms with E-state index in [1.807, 2.05) is 0 Å². The quantitative estimate of drug-likeness (QED) is 0.289. The third kappa shape index (κ3) is 7.84. The molecule has 0 aromatic heterocycles. The highest BCUT2D eigenvalue weighted by atomic mass is 19.4. The lowest BCUT2D eigenvalue weighted by atomic mass is 9.77. The first-order chi connectivity index (χ1) is 14.8. The van der Waals surface area contributed by atoms with Crippen LogP contribution in [0.1, 0.15) is 95.5 Å². The molecule has 0 atom stereocenters. The number of alkyl halides is 3. The van der Waals surface area contributed by atoms with Gasteiger partial charge in [-0.1, -0.05) is 38.0 Å². The van der Waals surface area contributed by atoms with Gasteiger partial charge >= 0.3 is 6.36 Å². The highest BCUT2D eigenvalue weighted by Crippen LogP contribution is 2.39. The number of ether oxygens (including phenoxy) is 1. The second-order valence-corrected chi connectivity index (χ2v) is 9.53. The molecule has 2 aliphatic carbocycles. The maximum Gasteiger partial charge on any atom is 0.573 e. The van der Waals surface area contributed by atoms with Crippen molar-refractivity contribution in [2.45, 2.75) is 96.3 Å². The number of allylic oxidation sites excluding steroid dienone is 2. The smallest absolute Gasteiger partial charge is 0.403 e. The van der Waals surface area contributed by atoms with Gasteiger partial charge in [0.05, 0.1) is 0 Å². The highest BCUT2D eigenvalue weighted by molar-refractivity contribution is 5.31. The molecule has 5 heteroatoms. The van der Waals surface area contributed by atoms with Gasteiger partial charge in [0.25, 0.3) is 0 Å². The molecule has 0 heterocycles. The van der Waals surface area contributed by atoms with E-state index >= 15 is 0 Å². The topological polar surface area (TPSA) is 9.23 Å². The van der Waals surface area contributed by atoms with E-state index < -0.39 is 17.9 Å². The summed E-state index contributed by atoms with van der Waals surface area (Å²) in [6.45, 7) is 2.28. The van der Waals surface area contributed by atoms with Gasteiger partial charge in [-0.25, -0.2) is 4.39 Å². The Morgan fingerprint density at radius 1 is 0.935 bits per heavy atom. The van der Waals surface area contributed by atoms with E-state index in [4.69, 9.17) is 0 Å². The van der Waals surface area contributed by atoms with Crippen molar-refractivity contribution < 1.29 is 22.3 Å². The normalized spacial score (nSPS) is 27.5. The molecular weight excluding hydrogens is 404 g/mol. The van der Waals surface area contributed by atoms with Crippen molar-refractivity contribution in [3.8, 4) is 5.75 Å². The highest BCUT2D eigenvalue weighted by Gasteiger charge is 2.32. The summed E-state index contributed by atoms with van der Waals surface area (Å²) in [5, 5.41) is 0. The van der Waals surface area contributed by atoms with Gasteiger partial charge in [0.2, 0.25) is 0 Å². The molecule has 0 unspecified atom stereocenters. The first-order valence-corrected chi connectivity index (χ1v) is 12.1. The molecule has 0 amide bonds. The van der Waals surface area contributed by atoms with Crippen molar-refractivity contribution in [3.05, 3.63) is 41.7 Å². The molecule has 0 saturated heterocycles. The van der Waals surface area contributed by atoms with Crippen LogP contribution in [-0.4, -0.2) is 6.36 Å². The number of hydrogen-bond acceptors (Lipinski definition) is 1. The van der Waals surface area contributed by atoms with Gasteiger partial charge in [-0.15, -0.1) is 13.2 Å². The Labute approximate surface area is 184 Å². The largest absolute Gasteiger partial charge is 0.573 e. The molecule has 0 N–H and O–H groups in total. The van der Waals surface area contributed by atoms with Gasteiger partial charge in [0.15, 0.2) is 11.6 Å². The number of halogens is 4. The Hall–Kier alpha value is -1.52. The van der Waals surface area contributed by atoms with Gasteiger partial charge in [-0.2, -0.15) is 0 Å². The lowest BCUT2D eigenvalue weighted by Crippen LogP contribution is -2.18. The van der Waals surface area contributed by atoms with E-state index in [0.29, 0.717) is 5.92 Å². The Kier molecular flexibility index (Phi) is 8.85. The number of rotatable bonds is 8. The molecule has 174 valence electrons. The van der Waals surface area contributed by atoms with Crippen molar-refractivity contribution in [1.82, 2.24) is 0 Å². The van der Waals surface area contributed by atoms with Gasteiger partial charge in [0, 0.05) is 0 Å². The molecule has 1 aromatic rings. The van der Waals surface area contributed by atoms with Crippen LogP contribution in [0.4, 0.5) is 17.6 Å². The van der Waals surface area contributed by atoms with Gasteiger partial charge in [-0.3, -0.25) is 0 Å². The Balaban J connectivity index is 1.37. The molecule has 31 heavy (non-hydrogen) atoms. The number of hydrogen-bond donors (Lipinski definition) is 0. The first kappa shape index (κ1) is 24.1. The summed E-state index contributed by atoms with van der Waals surface area (Å²) in [5.74, 6) is 0.939. The molecule has 0 aliphatic heterocycles. The van der Waals surface area contributed by atoms with Crippen LogP contribution in [-0.2, 0) is 0 Å². The molecule has 0 bridgehead atoms. The van der Waals surface area contributed by atoms with Crippen LogP contribution < -0.4 is 4.74 Å². The molecule has 1 nitrogen and oxygen atoms in total. The third-order valence-electron chi connectivity index (χ3n) is 7.24. The summed E-state index contributed by atoms with van der Waals surface area (Å²) in [6.07, 6.45) is 14.6. The number of benzene rings is 1. The van der Waals surface area contributed by atoms with Crippen LogP contribution >= 0.6 is 0 Å². The Morgan fingerprint density at radius 2 is 1.58 bits per heavy atom. The van der Waals surface area contributed by atoms with Crippen LogP contribution in [0.2, 0.25) is 0 Å². The second-order valence-electron chi connectivity index (χ2n) is 9.53. The minimum absolute atomic E-state index is 0.222. The summed E-state index contributed by atoms with van der Waals surface area (Å²) < 4.78 is 54.6. The fraction of sp³-hybridized carbons (Fsp3) is 0.692. The Morgan fingerprint density at radius 3 is 2.19 bits per heavy atom. The fourth-order valence-electron chi connectivity index (χ4n) is 5.46. The van der Waals surface area contributed by atoms with Crippen molar-refractivity contribution in [1.29, 1.82) is 0 Å². The van der Waals surface area contributed by atoms with Crippen molar-refractivity contribution in [3.63, 3.8) is 0 Å². The van der Waals surface area contributed by atoms with Crippen LogP contribution in [0.25, 0.3) is 0 Å². The van der Waals surface area contributed by atoms with E-state index in [0.717, 1.165) is 55.6 Å². The minimum Gasteiger partial charge on any atom is -0.403 e. The standard InChI is InChI=1S/C26H36F4O/c1-2-5-19-8-10-20(11-9-19)6-3-4-7-21-12-14-22(15-13-21)23-16-17-25(24(27)18-23)31-26(28,29)30/h3,6,16-22H,2,4-5,7-15H2,1H3/b6-3+. The predicted molar refractivity (Wildman–Crippen MR) is 117 cm³/mol. The van der Waals surface area contributed by atoms with E-state index in [1.165, 1.54) is 51.0 Å². The van der Waals surface area contributed by atoms with Gasteiger partial charge < -0.3 is 4.74 Å². The molecule has 2 aliphatic rings. The molecular formula is C26H36F4O. The maximum absolute atomic E-state index is 14.0. The second kappa shape index (κ2) is 11.4. The van der Waals surface area contributed by atoms with Crippen LogP contribution in [0.5, 0.6) is 5.75 Å². The minimum atomic E-state index is -4.87. The average Bonchev–Trinajstić information content (AvgIpc) is 2.74. The zero-order valence-corrected chi connectivity index (χ0v) is 18.6. The van der Waals surface area contributed by atoms with Gasteiger partial charge in [0.1, 0.15) is 0 Å². The van der Waals surface area contributed by atoms with Crippen molar-refractivity contribution >= 4 is 0 Å². The summed E-state index contributed by atoms with van der Waals surface area (Å²) >= 11 is 0. The van der Waals surface area contributed by atoms with E-state index in [1.54, 1.807) is 6.07 Å². The molecule has 0 spiro atoms. The lowest BCUT2D eigenvalue weighted by Gasteiger charge is -2.29. The first-order valence-electron chi connectivity index (χ1n) is 12.1.